The SMILES string of the molecule is Cc1c(NC(=O)CCCC(=O)OCCCc2ccccc2)cccc1[N+](=O)[O-]. The molecule has 0 heterocycles. The molecule has 7 heteroatoms. The van der Waals surface area contributed by atoms with Gasteiger partial charge >= 0.3 is 5.97 Å². The summed E-state index contributed by atoms with van der Waals surface area (Å²) in [6.07, 6.45) is 2.26. The molecule has 0 fully saturated rings. The summed E-state index contributed by atoms with van der Waals surface area (Å²) in [5, 5.41) is 13.6. The lowest BCUT2D eigenvalue weighted by molar-refractivity contribution is -0.385. The van der Waals surface area contributed by atoms with E-state index in [4.69, 9.17) is 4.74 Å². The first kappa shape index (κ1) is 21.1. The van der Waals surface area contributed by atoms with Crippen LogP contribution in [0.3, 0.4) is 0 Å². The van der Waals surface area contributed by atoms with Crippen LogP contribution in [-0.4, -0.2) is 23.4 Å². The molecule has 148 valence electrons. The van der Waals surface area contributed by atoms with Crippen molar-refractivity contribution in [3.63, 3.8) is 0 Å². The van der Waals surface area contributed by atoms with E-state index in [0.29, 0.717) is 24.3 Å². The summed E-state index contributed by atoms with van der Waals surface area (Å²) in [4.78, 5) is 34.2. The fourth-order valence-corrected chi connectivity index (χ4v) is 2.74. The summed E-state index contributed by atoms with van der Waals surface area (Å²) < 4.78 is 5.18. The number of aryl methyl sites for hydroxylation is 1. The zero-order valence-electron chi connectivity index (χ0n) is 15.8. The molecule has 0 radical (unpaired) electrons. The van der Waals surface area contributed by atoms with Gasteiger partial charge in [-0.1, -0.05) is 36.4 Å². The predicted molar refractivity (Wildman–Crippen MR) is 106 cm³/mol. The summed E-state index contributed by atoms with van der Waals surface area (Å²) in [6, 6.07) is 14.5. The van der Waals surface area contributed by atoms with Crippen molar-refractivity contribution in [2.24, 2.45) is 0 Å². The first-order valence-electron chi connectivity index (χ1n) is 9.21. The molecule has 1 amide bonds. The van der Waals surface area contributed by atoms with E-state index < -0.39 is 4.92 Å². The lowest BCUT2D eigenvalue weighted by Gasteiger charge is -2.08. The number of nitro benzene ring substituents is 1. The number of ether oxygens (including phenoxy) is 1. The van der Waals surface area contributed by atoms with Crippen LogP contribution in [0.15, 0.2) is 48.5 Å². The maximum atomic E-state index is 12.0. The van der Waals surface area contributed by atoms with Gasteiger partial charge in [-0.3, -0.25) is 19.7 Å². The Morgan fingerprint density at radius 3 is 2.50 bits per heavy atom. The first-order chi connectivity index (χ1) is 13.5. The smallest absolute Gasteiger partial charge is 0.305 e. The molecular weight excluding hydrogens is 360 g/mol. The van der Waals surface area contributed by atoms with Crippen molar-refractivity contribution in [3.8, 4) is 0 Å². The Bertz CT molecular complexity index is 821. The number of nitro groups is 1. The Kier molecular flexibility index (Phi) is 8.14. The van der Waals surface area contributed by atoms with Crippen LogP contribution in [0.2, 0.25) is 0 Å². The normalized spacial score (nSPS) is 10.3. The highest BCUT2D eigenvalue weighted by molar-refractivity contribution is 5.92. The second kappa shape index (κ2) is 10.8. The number of hydrogen-bond acceptors (Lipinski definition) is 5. The van der Waals surface area contributed by atoms with E-state index in [9.17, 15) is 19.7 Å². The lowest BCUT2D eigenvalue weighted by atomic mass is 10.1. The van der Waals surface area contributed by atoms with Crippen molar-refractivity contribution in [1.82, 2.24) is 0 Å². The maximum absolute atomic E-state index is 12.0. The van der Waals surface area contributed by atoms with Gasteiger partial charge in [0.15, 0.2) is 0 Å². The Labute approximate surface area is 163 Å². The number of nitrogens with one attached hydrogen (secondary N) is 1. The number of hydrogen-bond donors (Lipinski definition) is 1. The number of amides is 1. The van der Waals surface area contributed by atoms with Crippen LogP contribution in [0.4, 0.5) is 11.4 Å². The van der Waals surface area contributed by atoms with Crippen molar-refractivity contribution >= 4 is 23.3 Å². The molecule has 2 rings (SSSR count). The van der Waals surface area contributed by atoms with Crippen LogP contribution in [-0.2, 0) is 20.7 Å². The van der Waals surface area contributed by atoms with E-state index in [1.165, 1.54) is 17.7 Å². The average molecular weight is 384 g/mol. The van der Waals surface area contributed by atoms with Crippen molar-refractivity contribution in [1.29, 1.82) is 0 Å². The average Bonchev–Trinajstić information content (AvgIpc) is 2.67. The molecule has 1 N–H and O–H groups in total. The minimum atomic E-state index is -0.487. The van der Waals surface area contributed by atoms with E-state index in [1.54, 1.807) is 13.0 Å². The number of carbonyl (C=O) groups is 2. The highest BCUT2D eigenvalue weighted by Gasteiger charge is 2.15. The molecule has 2 aromatic rings. The number of esters is 1. The quantitative estimate of drug-likeness (QED) is 0.287. The molecule has 0 aliphatic carbocycles. The molecule has 2 aromatic carbocycles. The second-order valence-electron chi connectivity index (χ2n) is 6.42. The van der Waals surface area contributed by atoms with Crippen molar-refractivity contribution in [3.05, 3.63) is 69.8 Å². The van der Waals surface area contributed by atoms with E-state index in [0.717, 1.165) is 12.8 Å². The minimum absolute atomic E-state index is 0.0446. The number of anilines is 1. The van der Waals surface area contributed by atoms with Gasteiger partial charge in [0.1, 0.15) is 0 Å². The first-order valence-corrected chi connectivity index (χ1v) is 9.21. The molecule has 0 aromatic heterocycles. The monoisotopic (exact) mass is 384 g/mol. The van der Waals surface area contributed by atoms with E-state index in [2.05, 4.69) is 5.32 Å². The highest BCUT2D eigenvalue weighted by Crippen LogP contribution is 2.25. The fraction of sp³-hybridized carbons (Fsp3) is 0.333. The molecule has 0 atom stereocenters. The molecule has 0 unspecified atom stereocenters. The molecular formula is C21H24N2O5. The summed E-state index contributed by atoms with van der Waals surface area (Å²) in [5.74, 6) is -0.618. The third-order valence-corrected chi connectivity index (χ3v) is 4.28. The van der Waals surface area contributed by atoms with Crippen LogP contribution >= 0.6 is 0 Å². The van der Waals surface area contributed by atoms with Gasteiger partial charge in [-0.15, -0.1) is 0 Å². The summed E-state index contributed by atoms with van der Waals surface area (Å²) >= 11 is 0. The molecule has 7 nitrogen and oxygen atoms in total. The van der Waals surface area contributed by atoms with Gasteiger partial charge < -0.3 is 10.1 Å². The van der Waals surface area contributed by atoms with Gasteiger partial charge in [0, 0.05) is 18.9 Å². The topological polar surface area (TPSA) is 98.5 Å². The van der Waals surface area contributed by atoms with E-state index in [-0.39, 0.29) is 30.4 Å². The van der Waals surface area contributed by atoms with Gasteiger partial charge in [-0.2, -0.15) is 0 Å². The van der Waals surface area contributed by atoms with Crippen LogP contribution in [0.5, 0.6) is 0 Å². The highest BCUT2D eigenvalue weighted by atomic mass is 16.6. The van der Waals surface area contributed by atoms with Gasteiger partial charge in [-0.25, -0.2) is 0 Å². The van der Waals surface area contributed by atoms with E-state index in [1.807, 2.05) is 30.3 Å². The molecule has 0 aliphatic rings. The third-order valence-electron chi connectivity index (χ3n) is 4.28. The molecule has 0 saturated carbocycles. The zero-order chi connectivity index (χ0) is 20.4. The van der Waals surface area contributed by atoms with Gasteiger partial charge in [0.25, 0.3) is 5.69 Å². The Hall–Kier alpha value is -3.22. The van der Waals surface area contributed by atoms with Crippen LogP contribution in [0.25, 0.3) is 0 Å². The summed E-state index contributed by atoms with van der Waals surface area (Å²) in [5.41, 5.74) is 1.96. The van der Waals surface area contributed by atoms with Crippen LogP contribution in [0.1, 0.15) is 36.8 Å². The van der Waals surface area contributed by atoms with Crippen molar-refractivity contribution in [2.45, 2.75) is 39.0 Å². The van der Waals surface area contributed by atoms with Crippen LogP contribution < -0.4 is 5.32 Å². The van der Waals surface area contributed by atoms with Crippen molar-refractivity contribution in [2.75, 3.05) is 11.9 Å². The molecule has 0 bridgehead atoms. The standard InChI is InChI=1S/C21H24N2O5/c1-16-18(11-5-12-19(16)23(26)27)22-20(24)13-6-14-21(25)28-15-7-10-17-8-3-2-4-9-17/h2-5,8-9,11-12H,6-7,10,13-15H2,1H3,(H,22,24). The maximum Gasteiger partial charge on any atom is 0.305 e. The van der Waals surface area contributed by atoms with Crippen LogP contribution in [0, 0.1) is 17.0 Å². The Balaban J connectivity index is 1.64. The summed E-state index contributed by atoms with van der Waals surface area (Å²) in [6.45, 7) is 1.94. The predicted octanol–water partition coefficient (Wildman–Crippen LogP) is 4.19. The van der Waals surface area contributed by atoms with Gasteiger partial charge in [0.2, 0.25) is 5.91 Å². The van der Waals surface area contributed by atoms with E-state index >= 15 is 0 Å². The second-order valence-corrected chi connectivity index (χ2v) is 6.42. The minimum Gasteiger partial charge on any atom is -0.466 e. The molecule has 28 heavy (non-hydrogen) atoms. The van der Waals surface area contributed by atoms with Gasteiger partial charge in [-0.05, 0) is 37.8 Å². The fourth-order valence-electron chi connectivity index (χ4n) is 2.74. The number of carbonyl (C=O) groups excluding carboxylic acids is 2. The number of nitrogens with zero attached hydrogens (tertiary/aromatic N) is 1. The summed E-state index contributed by atoms with van der Waals surface area (Å²) in [7, 11) is 0. The number of benzene rings is 2. The van der Waals surface area contributed by atoms with Gasteiger partial charge in [0.05, 0.1) is 22.8 Å². The molecule has 0 saturated heterocycles. The molecule has 0 aliphatic heterocycles. The van der Waals surface area contributed by atoms with Crippen molar-refractivity contribution < 1.29 is 19.2 Å². The lowest BCUT2D eigenvalue weighted by Crippen LogP contribution is -2.14. The number of rotatable bonds is 10. The zero-order valence-corrected chi connectivity index (χ0v) is 15.8. The molecule has 0 spiro atoms. The third kappa shape index (κ3) is 6.83. The Morgan fingerprint density at radius 1 is 1.04 bits per heavy atom. The largest absolute Gasteiger partial charge is 0.466 e. The Morgan fingerprint density at radius 2 is 1.79 bits per heavy atom.